The summed E-state index contributed by atoms with van der Waals surface area (Å²) in [5.74, 6) is -1.46. The van der Waals surface area contributed by atoms with Crippen molar-refractivity contribution in [3.8, 4) is 0 Å². The van der Waals surface area contributed by atoms with Gasteiger partial charge in [-0.05, 0) is 31.2 Å². The van der Waals surface area contributed by atoms with Crippen molar-refractivity contribution in [3.63, 3.8) is 0 Å². The topological polar surface area (TPSA) is 40.5 Å². The molecule has 0 amide bonds. The molecule has 0 saturated heterocycles. The molecule has 0 aromatic heterocycles. The van der Waals surface area contributed by atoms with Crippen LogP contribution in [0.3, 0.4) is 0 Å². The summed E-state index contributed by atoms with van der Waals surface area (Å²) in [6, 6.07) is 4.28. The highest BCUT2D eigenvalue weighted by Crippen LogP contribution is 2.22. The van der Waals surface area contributed by atoms with E-state index in [9.17, 15) is 9.18 Å². The minimum atomic E-state index is -1.06. The highest BCUT2D eigenvalue weighted by Gasteiger charge is 2.07. The molecule has 0 aliphatic heterocycles. The number of carbonyl (C=O) groups is 1. The molecule has 0 atom stereocenters. The number of aliphatic carboxylic acids is 1. The molecule has 0 aliphatic rings. The highest BCUT2D eigenvalue weighted by molar-refractivity contribution is 5.87. The number of hydrogen-bond donors (Lipinski definition) is 1. The Morgan fingerprint density at radius 2 is 2.22 bits per heavy atom. The predicted octanol–water partition coefficient (Wildman–Crippen LogP) is 2.94. The van der Waals surface area contributed by atoms with Crippen molar-refractivity contribution in [2.24, 2.45) is 0 Å². The standard InChI is InChI=1S/C14H16FNO2/c1-10(2)9-16(3)13-6-5-12(15)8-11(13)4-7-14(17)18/h4-8H,1,9H2,2-3H3,(H,17,18)/b7-4+. The molecule has 18 heavy (non-hydrogen) atoms. The molecule has 4 heteroatoms. The van der Waals surface area contributed by atoms with Crippen LogP contribution in [0.5, 0.6) is 0 Å². The van der Waals surface area contributed by atoms with Crippen molar-refractivity contribution in [2.75, 3.05) is 18.5 Å². The normalized spacial score (nSPS) is 10.6. The number of halogens is 1. The van der Waals surface area contributed by atoms with Gasteiger partial charge in [0.2, 0.25) is 0 Å². The molecule has 96 valence electrons. The van der Waals surface area contributed by atoms with Gasteiger partial charge >= 0.3 is 5.97 Å². The van der Waals surface area contributed by atoms with Gasteiger partial charge in [-0.25, -0.2) is 9.18 Å². The third kappa shape index (κ3) is 4.05. The fourth-order valence-electron chi connectivity index (χ4n) is 1.66. The Labute approximate surface area is 106 Å². The van der Waals surface area contributed by atoms with Crippen molar-refractivity contribution in [1.29, 1.82) is 0 Å². The van der Waals surface area contributed by atoms with Gasteiger partial charge in [0.1, 0.15) is 5.82 Å². The number of anilines is 1. The second-order valence-electron chi connectivity index (χ2n) is 4.19. The summed E-state index contributed by atoms with van der Waals surface area (Å²) in [5.41, 5.74) is 2.26. The van der Waals surface area contributed by atoms with Crippen molar-refractivity contribution >= 4 is 17.7 Å². The van der Waals surface area contributed by atoms with Gasteiger partial charge in [0.25, 0.3) is 0 Å². The first-order valence-corrected chi connectivity index (χ1v) is 5.46. The molecule has 1 aromatic carbocycles. The summed E-state index contributed by atoms with van der Waals surface area (Å²) in [5, 5.41) is 8.61. The van der Waals surface area contributed by atoms with Crippen LogP contribution in [0.1, 0.15) is 12.5 Å². The lowest BCUT2D eigenvalue weighted by atomic mass is 10.1. The average Bonchev–Trinajstić information content (AvgIpc) is 2.25. The first-order valence-electron chi connectivity index (χ1n) is 5.46. The van der Waals surface area contributed by atoms with Crippen LogP contribution >= 0.6 is 0 Å². The second-order valence-corrected chi connectivity index (χ2v) is 4.19. The zero-order chi connectivity index (χ0) is 13.7. The first-order chi connectivity index (χ1) is 8.40. The number of rotatable bonds is 5. The summed E-state index contributed by atoms with van der Waals surface area (Å²) in [6.07, 6.45) is 2.38. The van der Waals surface area contributed by atoms with E-state index in [0.29, 0.717) is 12.1 Å². The maximum Gasteiger partial charge on any atom is 0.328 e. The number of hydrogen-bond acceptors (Lipinski definition) is 2. The molecular formula is C14H16FNO2. The van der Waals surface area contributed by atoms with Crippen LogP contribution in [0.4, 0.5) is 10.1 Å². The SMILES string of the molecule is C=C(C)CN(C)c1ccc(F)cc1/C=C/C(=O)O. The van der Waals surface area contributed by atoms with Crippen LogP contribution in [0.15, 0.2) is 36.4 Å². The van der Waals surface area contributed by atoms with Crippen molar-refractivity contribution in [3.05, 3.63) is 47.8 Å². The van der Waals surface area contributed by atoms with Crippen molar-refractivity contribution in [2.45, 2.75) is 6.92 Å². The van der Waals surface area contributed by atoms with Crippen LogP contribution in [-0.4, -0.2) is 24.7 Å². The molecule has 0 unspecified atom stereocenters. The Kier molecular flexibility index (Phi) is 4.66. The van der Waals surface area contributed by atoms with E-state index >= 15 is 0 Å². The zero-order valence-corrected chi connectivity index (χ0v) is 10.5. The van der Waals surface area contributed by atoms with Crippen LogP contribution in [0, 0.1) is 5.82 Å². The van der Waals surface area contributed by atoms with Crippen LogP contribution < -0.4 is 4.90 Å². The Hall–Kier alpha value is -2.10. The fraction of sp³-hybridized carbons (Fsp3) is 0.214. The summed E-state index contributed by atoms with van der Waals surface area (Å²) in [6.45, 7) is 6.33. The minimum Gasteiger partial charge on any atom is -0.478 e. The molecule has 0 aliphatic carbocycles. The smallest absolute Gasteiger partial charge is 0.328 e. The Bertz CT molecular complexity index is 495. The molecule has 1 aromatic rings. The summed E-state index contributed by atoms with van der Waals surface area (Å²) >= 11 is 0. The Morgan fingerprint density at radius 1 is 1.56 bits per heavy atom. The largest absolute Gasteiger partial charge is 0.478 e. The number of carboxylic acid groups (broad SMARTS) is 1. The third-order valence-electron chi connectivity index (χ3n) is 2.31. The summed E-state index contributed by atoms with van der Waals surface area (Å²) < 4.78 is 13.2. The van der Waals surface area contributed by atoms with E-state index < -0.39 is 11.8 Å². The maximum absolute atomic E-state index is 13.2. The van der Waals surface area contributed by atoms with Gasteiger partial charge in [0.15, 0.2) is 0 Å². The van der Waals surface area contributed by atoms with E-state index in [2.05, 4.69) is 6.58 Å². The van der Waals surface area contributed by atoms with Gasteiger partial charge in [-0.1, -0.05) is 12.2 Å². The van der Waals surface area contributed by atoms with Gasteiger partial charge in [-0.2, -0.15) is 0 Å². The van der Waals surface area contributed by atoms with E-state index in [1.54, 1.807) is 6.07 Å². The number of benzene rings is 1. The Balaban J connectivity index is 3.10. The molecule has 0 saturated carbocycles. The minimum absolute atomic E-state index is 0.396. The zero-order valence-electron chi connectivity index (χ0n) is 10.5. The van der Waals surface area contributed by atoms with Gasteiger partial charge in [0, 0.05) is 30.9 Å². The molecule has 1 N–H and O–H groups in total. The van der Waals surface area contributed by atoms with Crippen molar-refractivity contribution in [1.82, 2.24) is 0 Å². The van der Waals surface area contributed by atoms with Crippen LogP contribution in [0.2, 0.25) is 0 Å². The van der Waals surface area contributed by atoms with E-state index in [4.69, 9.17) is 5.11 Å². The lowest BCUT2D eigenvalue weighted by Crippen LogP contribution is -2.20. The Morgan fingerprint density at radius 3 is 2.78 bits per heavy atom. The number of nitrogens with zero attached hydrogens (tertiary/aromatic N) is 1. The lowest BCUT2D eigenvalue weighted by molar-refractivity contribution is -0.131. The highest BCUT2D eigenvalue weighted by atomic mass is 19.1. The number of likely N-dealkylation sites (N-methyl/N-ethyl adjacent to an activating group) is 1. The van der Waals surface area contributed by atoms with E-state index in [0.717, 1.165) is 17.3 Å². The second kappa shape index (κ2) is 6.00. The van der Waals surface area contributed by atoms with Gasteiger partial charge < -0.3 is 10.0 Å². The number of carboxylic acids is 1. The van der Waals surface area contributed by atoms with E-state index in [1.165, 1.54) is 18.2 Å². The molecule has 0 spiro atoms. The average molecular weight is 249 g/mol. The fourth-order valence-corrected chi connectivity index (χ4v) is 1.66. The van der Waals surface area contributed by atoms with Crippen LogP contribution in [0.25, 0.3) is 6.08 Å². The quantitative estimate of drug-likeness (QED) is 0.644. The van der Waals surface area contributed by atoms with Gasteiger partial charge in [-0.3, -0.25) is 0 Å². The summed E-state index contributed by atoms with van der Waals surface area (Å²) in [4.78, 5) is 12.4. The molecule has 0 fully saturated rings. The van der Waals surface area contributed by atoms with Gasteiger partial charge in [0.05, 0.1) is 0 Å². The van der Waals surface area contributed by atoms with E-state index in [1.807, 2.05) is 18.9 Å². The van der Waals surface area contributed by atoms with Crippen LogP contribution in [-0.2, 0) is 4.79 Å². The summed E-state index contributed by atoms with van der Waals surface area (Å²) in [7, 11) is 1.85. The van der Waals surface area contributed by atoms with Gasteiger partial charge in [-0.15, -0.1) is 0 Å². The van der Waals surface area contributed by atoms with Crippen molar-refractivity contribution < 1.29 is 14.3 Å². The molecule has 0 radical (unpaired) electrons. The third-order valence-corrected chi connectivity index (χ3v) is 2.31. The lowest BCUT2D eigenvalue weighted by Gasteiger charge is -2.21. The molecular weight excluding hydrogens is 233 g/mol. The molecule has 1 rings (SSSR count). The predicted molar refractivity (Wildman–Crippen MR) is 71.2 cm³/mol. The van der Waals surface area contributed by atoms with E-state index in [-0.39, 0.29) is 0 Å². The monoisotopic (exact) mass is 249 g/mol. The molecule has 3 nitrogen and oxygen atoms in total. The molecule has 0 heterocycles. The first kappa shape index (κ1) is 14.0. The maximum atomic E-state index is 13.2. The molecule has 0 bridgehead atoms.